The van der Waals surface area contributed by atoms with Gasteiger partial charge in [0.2, 0.25) is 0 Å². The summed E-state index contributed by atoms with van der Waals surface area (Å²) in [6.45, 7) is 2.09. The average Bonchev–Trinajstić information content (AvgIpc) is 2.21. The van der Waals surface area contributed by atoms with E-state index in [0.717, 1.165) is 12.2 Å². The Morgan fingerprint density at radius 2 is 2.29 bits per heavy atom. The van der Waals surface area contributed by atoms with E-state index in [0.29, 0.717) is 16.9 Å². The third-order valence-corrected chi connectivity index (χ3v) is 2.99. The Kier molecular flexibility index (Phi) is 4.48. The number of halogens is 1. The van der Waals surface area contributed by atoms with Crippen molar-refractivity contribution in [2.45, 2.75) is 19.1 Å². The van der Waals surface area contributed by atoms with Crippen molar-refractivity contribution < 1.29 is 4.39 Å². The second-order valence-corrected chi connectivity index (χ2v) is 4.08. The molecule has 1 aromatic rings. The van der Waals surface area contributed by atoms with Crippen molar-refractivity contribution in [3.8, 4) is 6.07 Å². The number of hydrogen-bond acceptors (Lipinski definition) is 2. The zero-order chi connectivity index (χ0) is 10.4. The Morgan fingerprint density at radius 3 is 2.93 bits per heavy atom. The van der Waals surface area contributed by atoms with E-state index >= 15 is 0 Å². The van der Waals surface area contributed by atoms with Crippen LogP contribution in [0.5, 0.6) is 0 Å². The van der Waals surface area contributed by atoms with Crippen molar-refractivity contribution in [1.82, 2.24) is 0 Å². The Hall–Kier alpha value is -1.01. The maximum Gasteiger partial charge on any atom is 0.127 e. The first-order chi connectivity index (χ1) is 6.77. The fraction of sp³-hybridized carbons (Fsp3) is 0.364. The molecule has 1 nitrogen and oxygen atoms in total. The fourth-order valence-corrected chi connectivity index (χ4v) is 1.96. The molecule has 0 aliphatic rings. The Labute approximate surface area is 87.9 Å². The molecule has 1 rings (SSSR count). The minimum atomic E-state index is -0.215. The molecule has 14 heavy (non-hydrogen) atoms. The van der Waals surface area contributed by atoms with Gasteiger partial charge in [-0.3, -0.25) is 0 Å². The second kappa shape index (κ2) is 5.66. The molecule has 0 atom stereocenters. The van der Waals surface area contributed by atoms with Gasteiger partial charge in [-0.25, -0.2) is 4.39 Å². The summed E-state index contributed by atoms with van der Waals surface area (Å²) >= 11 is 1.69. The van der Waals surface area contributed by atoms with Crippen LogP contribution in [-0.4, -0.2) is 5.75 Å². The van der Waals surface area contributed by atoms with Crippen LogP contribution in [0.1, 0.15) is 24.5 Å². The smallest absolute Gasteiger partial charge is 0.127 e. The Bertz CT molecular complexity index is 344. The number of rotatable bonds is 4. The lowest BCUT2D eigenvalue weighted by Crippen LogP contribution is -1.90. The molecule has 0 heterocycles. The zero-order valence-electron chi connectivity index (χ0n) is 8.09. The van der Waals surface area contributed by atoms with Crippen LogP contribution >= 0.6 is 11.8 Å². The molecule has 0 amide bonds. The highest BCUT2D eigenvalue weighted by atomic mass is 32.2. The quantitative estimate of drug-likeness (QED) is 0.710. The summed E-state index contributed by atoms with van der Waals surface area (Å²) in [5.74, 6) is 1.46. The maximum atomic E-state index is 13.2. The largest absolute Gasteiger partial charge is 0.207 e. The summed E-state index contributed by atoms with van der Waals surface area (Å²) in [7, 11) is 0. The number of nitrogens with zero attached hydrogens (tertiary/aromatic N) is 1. The lowest BCUT2D eigenvalue weighted by Gasteiger charge is -2.02. The van der Waals surface area contributed by atoms with Crippen LogP contribution < -0.4 is 0 Å². The minimum absolute atomic E-state index is 0.215. The summed E-state index contributed by atoms with van der Waals surface area (Å²) in [5, 5.41) is 8.65. The van der Waals surface area contributed by atoms with Gasteiger partial charge in [-0.1, -0.05) is 6.92 Å². The van der Waals surface area contributed by atoms with E-state index in [9.17, 15) is 4.39 Å². The molecule has 0 saturated heterocycles. The van der Waals surface area contributed by atoms with E-state index in [1.807, 2.05) is 6.07 Å². The predicted octanol–water partition coefficient (Wildman–Crippen LogP) is 3.34. The number of nitriles is 1. The highest BCUT2D eigenvalue weighted by Gasteiger charge is 2.02. The van der Waals surface area contributed by atoms with Gasteiger partial charge < -0.3 is 0 Å². The minimum Gasteiger partial charge on any atom is -0.207 e. The summed E-state index contributed by atoms with van der Waals surface area (Å²) in [6.07, 6.45) is 1.09. The molecule has 0 radical (unpaired) electrons. The summed E-state index contributed by atoms with van der Waals surface area (Å²) in [5.41, 5.74) is 1.15. The van der Waals surface area contributed by atoms with Crippen molar-refractivity contribution in [2.75, 3.05) is 5.75 Å². The van der Waals surface area contributed by atoms with Gasteiger partial charge in [0.1, 0.15) is 5.82 Å². The molecule has 74 valence electrons. The summed E-state index contributed by atoms with van der Waals surface area (Å²) in [6, 6.07) is 6.50. The van der Waals surface area contributed by atoms with Gasteiger partial charge in [-0.2, -0.15) is 17.0 Å². The highest BCUT2D eigenvalue weighted by molar-refractivity contribution is 7.98. The van der Waals surface area contributed by atoms with Gasteiger partial charge in [0.05, 0.1) is 11.6 Å². The third kappa shape index (κ3) is 3.04. The van der Waals surface area contributed by atoms with Crippen molar-refractivity contribution in [1.29, 1.82) is 5.26 Å². The van der Waals surface area contributed by atoms with E-state index in [-0.39, 0.29) is 5.82 Å². The van der Waals surface area contributed by atoms with Crippen LogP contribution in [0.25, 0.3) is 0 Å². The first-order valence-electron chi connectivity index (χ1n) is 4.54. The third-order valence-electron chi connectivity index (χ3n) is 1.78. The highest BCUT2D eigenvalue weighted by Crippen LogP contribution is 2.17. The predicted molar refractivity (Wildman–Crippen MR) is 57.6 cm³/mol. The van der Waals surface area contributed by atoms with Gasteiger partial charge in [-0.15, -0.1) is 0 Å². The molecule has 0 fully saturated rings. The average molecular weight is 209 g/mol. The van der Waals surface area contributed by atoms with Crippen molar-refractivity contribution in [3.05, 3.63) is 35.1 Å². The fourth-order valence-electron chi connectivity index (χ4n) is 1.08. The maximum absolute atomic E-state index is 13.2. The lowest BCUT2D eigenvalue weighted by molar-refractivity contribution is 0.617. The first kappa shape index (κ1) is 11.1. The van der Waals surface area contributed by atoms with Crippen LogP contribution in [0.4, 0.5) is 4.39 Å². The van der Waals surface area contributed by atoms with Crippen LogP contribution in [0.15, 0.2) is 18.2 Å². The molecule has 0 aliphatic heterocycles. The normalized spacial score (nSPS) is 9.79. The van der Waals surface area contributed by atoms with Gasteiger partial charge in [0.15, 0.2) is 0 Å². The van der Waals surface area contributed by atoms with E-state index in [1.54, 1.807) is 17.8 Å². The van der Waals surface area contributed by atoms with Gasteiger partial charge >= 0.3 is 0 Å². The van der Waals surface area contributed by atoms with Gasteiger partial charge in [0.25, 0.3) is 0 Å². The summed E-state index contributed by atoms with van der Waals surface area (Å²) < 4.78 is 13.2. The molecule has 0 unspecified atom stereocenters. The summed E-state index contributed by atoms with van der Waals surface area (Å²) in [4.78, 5) is 0. The number of hydrogen-bond donors (Lipinski definition) is 0. The molecule has 0 aromatic heterocycles. The van der Waals surface area contributed by atoms with Crippen molar-refractivity contribution in [2.24, 2.45) is 0 Å². The topological polar surface area (TPSA) is 23.8 Å². The Morgan fingerprint density at radius 1 is 1.50 bits per heavy atom. The van der Waals surface area contributed by atoms with E-state index in [4.69, 9.17) is 5.26 Å². The van der Waals surface area contributed by atoms with Crippen molar-refractivity contribution >= 4 is 11.8 Å². The Balaban J connectivity index is 2.70. The lowest BCUT2D eigenvalue weighted by atomic mass is 10.1. The van der Waals surface area contributed by atoms with Gasteiger partial charge in [-0.05, 0) is 35.9 Å². The SMILES string of the molecule is CCCSCc1cc(C#N)ccc1F. The molecular weight excluding hydrogens is 197 g/mol. The van der Waals surface area contributed by atoms with Crippen LogP contribution in [0.3, 0.4) is 0 Å². The number of benzene rings is 1. The van der Waals surface area contributed by atoms with Crippen LogP contribution in [-0.2, 0) is 5.75 Å². The second-order valence-electron chi connectivity index (χ2n) is 2.97. The molecule has 0 saturated carbocycles. The number of thioether (sulfide) groups is 1. The molecular formula is C11H12FNS. The van der Waals surface area contributed by atoms with Crippen LogP contribution in [0, 0.1) is 17.1 Å². The molecule has 1 aromatic carbocycles. The first-order valence-corrected chi connectivity index (χ1v) is 5.69. The van der Waals surface area contributed by atoms with Gasteiger partial charge in [0, 0.05) is 5.75 Å². The zero-order valence-corrected chi connectivity index (χ0v) is 8.90. The van der Waals surface area contributed by atoms with Crippen molar-refractivity contribution in [3.63, 3.8) is 0 Å². The molecule has 0 aliphatic carbocycles. The van der Waals surface area contributed by atoms with Crippen LogP contribution in [0.2, 0.25) is 0 Å². The molecule has 0 bridgehead atoms. The van der Waals surface area contributed by atoms with E-state index < -0.39 is 0 Å². The van der Waals surface area contributed by atoms with E-state index in [1.165, 1.54) is 12.1 Å². The molecule has 0 spiro atoms. The van der Waals surface area contributed by atoms with E-state index in [2.05, 4.69) is 6.92 Å². The molecule has 0 N–H and O–H groups in total. The molecule has 3 heteroatoms. The standard InChI is InChI=1S/C11H12FNS/c1-2-5-14-8-10-6-9(7-13)3-4-11(10)12/h3-4,6H,2,5,8H2,1H3. The monoisotopic (exact) mass is 209 g/mol.